The lowest BCUT2D eigenvalue weighted by Gasteiger charge is -2.27. The molecular formula is C19H14Cl2F4N2O5S. The van der Waals surface area contributed by atoms with E-state index in [1.54, 1.807) is 0 Å². The highest BCUT2D eigenvalue weighted by Crippen LogP contribution is 2.40. The fourth-order valence-corrected chi connectivity index (χ4v) is 5.89. The highest BCUT2D eigenvalue weighted by Gasteiger charge is 2.51. The van der Waals surface area contributed by atoms with Gasteiger partial charge < -0.3 is 14.9 Å². The summed E-state index contributed by atoms with van der Waals surface area (Å²) < 4.78 is 85.1. The van der Waals surface area contributed by atoms with Gasteiger partial charge in [0.1, 0.15) is 28.2 Å². The molecule has 1 fully saturated rings. The lowest BCUT2D eigenvalue weighted by atomic mass is 10.0. The van der Waals surface area contributed by atoms with Gasteiger partial charge in [-0.3, -0.25) is 0 Å². The first-order valence-electron chi connectivity index (χ1n) is 8.96. The van der Waals surface area contributed by atoms with Gasteiger partial charge in [-0.1, -0.05) is 23.2 Å². The molecule has 1 saturated heterocycles. The zero-order valence-electron chi connectivity index (χ0n) is 16.3. The Morgan fingerprint density at radius 3 is 2.33 bits per heavy atom. The maximum atomic E-state index is 13.9. The van der Waals surface area contributed by atoms with E-state index in [1.807, 2.05) is 0 Å². The molecule has 2 aromatic carbocycles. The largest absolute Gasteiger partial charge is 0.486 e. The van der Waals surface area contributed by atoms with E-state index in [0.717, 1.165) is 12.1 Å². The lowest BCUT2D eigenvalue weighted by Crippen LogP contribution is -2.48. The van der Waals surface area contributed by atoms with Crippen LogP contribution in [0.3, 0.4) is 0 Å². The van der Waals surface area contributed by atoms with Gasteiger partial charge in [0.15, 0.2) is 0 Å². The Balaban J connectivity index is 1.95. The normalized spacial score (nSPS) is 21.7. The van der Waals surface area contributed by atoms with Crippen LogP contribution in [0.2, 0.25) is 10.0 Å². The van der Waals surface area contributed by atoms with Crippen molar-refractivity contribution in [3.05, 3.63) is 63.2 Å². The molecule has 33 heavy (non-hydrogen) atoms. The van der Waals surface area contributed by atoms with Gasteiger partial charge in [0.25, 0.3) is 0 Å². The van der Waals surface area contributed by atoms with Crippen LogP contribution in [-0.4, -0.2) is 54.3 Å². The Hall–Kier alpha value is -2.14. The Kier molecular flexibility index (Phi) is 6.87. The average Bonchev–Trinajstić information content (AvgIpc) is 3.04. The zero-order chi connectivity index (χ0) is 24.8. The summed E-state index contributed by atoms with van der Waals surface area (Å²) in [5.74, 6) is -1.07. The first kappa shape index (κ1) is 25.5. The van der Waals surface area contributed by atoms with E-state index in [1.165, 1.54) is 6.07 Å². The molecule has 7 nitrogen and oxygen atoms in total. The topological polar surface area (TPSA) is 91.4 Å². The van der Waals surface area contributed by atoms with Crippen molar-refractivity contribution in [2.45, 2.75) is 22.8 Å². The second-order valence-corrected chi connectivity index (χ2v) is 9.85. The maximum absolute atomic E-state index is 13.9. The second-order valence-electron chi connectivity index (χ2n) is 7.16. The minimum Gasteiger partial charge on any atom is -0.486 e. The SMILES string of the molecule is [C-]#[N+]c1ccc(O[C@H]2CN(S(=O)(=O)c3c(Cl)cc(C(F)(F)F)cc3Cl)C[C@@]2(O)CO)cc1F. The van der Waals surface area contributed by atoms with E-state index >= 15 is 0 Å². The van der Waals surface area contributed by atoms with Crippen LogP contribution in [0.5, 0.6) is 5.75 Å². The predicted octanol–water partition coefficient (Wildman–Crippen LogP) is 3.88. The van der Waals surface area contributed by atoms with Crippen molar-refractivity contribution in [1.29, 1.82) is 0 Å². The third kappa shape index (κ3) is 4.89. The lowest BCUT2D eigenvalue weighted by molar-refractivity contribution is -0.137. The molecule has 1 heterocycles. The Morgan fingerprint density at radius 2 is 1.85 bits per heavy atom. The van der Waals surface area contributed by atoms with E-state index in [2.05, 4.69) is 4.85 Å². The fraction of sp³-hybridized carbons (Fsp3) is 0.316. The number of ether oxygens (including phenoxy) is 1. The number of nitrogens with zero attached hydrogens (tertiary/aromatic N) is 2. The summed E-state index contributed by atoms with van der Waals surface area (Å²) >= 11 is 11.6. The number of hydrogen-bond acceptors (Lipinski definition) is 5. The number of β-amino-alcohol motifs (C(OH)–C–C–N with tert-alkyl or cyclic N) is 1. The van der Waals surface area contributed by atoms with Crippen molar-refractivity contribution in [3.63, 3.8) is 0 Å². The molecule has 1 aliphatic rings. The molecule has 0 spiro atoms. The molecule has 178 valence electrons. The minimum absolute atomic E-state index is 0.151. The standard InChI is InChI=1S/C19H14Cl2F4N2O5S/c1-26-15-3-2-11(6-14(15)22)32-16-7-27(8-18(16,29)9-28)33(30,31)17-12(20)4-10(5-13(17)21)19(23,24)25/h2-6,16,28-29H,7-9H2/t16-,18+/m0/s1. The van der Waals surface area contributed by atoms with E-state index < -0.39 is 73.9 Å². The Bertz CT molecular complexity index is 1210. The van der Waals surface area contributed by atoms with Crippen molar-refractivity contribution in [3.8, 4) is 5.75 Å². The molecule has 0 saturated carbocycles. The van der Waals surface area contributed by atoms with Crippen molar-refractivity contribution in [2.75, 3.05) is 19.7 Å². The van der Waals surface area contributed by atoms with Crippen LogP contribution in [0.15, 0.2) is 35.2 Å². The van der Waals surface area contributed by atoms with Crippen LogP contribution < -0.4 is 4.74 Å². The Labute approximate surface area is 195 Å². The van der Waals surface area contributed by atoms with Gasteiger partial charge in [-0.25, -0.2) is 17.7 Å². The minimum atomic E-state index is -4.82. The molecule has 2 N–H and O–H groups in total. The molecule has 0 unspecified atom stereocenters. The summed E-state index contributed by atoms with van der Waals surface area (Å²) in [6.07, 6.45) is -6.22. The molecule has 0 bridgehead atoms. The summed E-state index contributed by atoms with van der Waals surface area (Å²) in [4.78, 5) is 2.14. The quantitative estimate of drug-likeness (QED) is 0.454. The summed E-state index contributed by atoms with van der Waals surface area (Å²) in [6, 6.07) is 4.00. The molecule has 2 atom stereocenters. The van der Waals surface area contributed by atoms with Crippen molar-refractivity contribution >= 4 is 38.9 Å². The molecule has 0 radical (unpaired) electrons. The van der Waals surface area contributed by atoms with Crippen LogP contribution in [0.4, 0.5) is 23.2 Å². The van der Waals surface area contributed by atoms with Gasteiger partial charge in [-0.2, -0.15) is 17.5 Å². The number of benzene rings is 2. The van der Waals surface area contributed by atoms with Crippen LogP contribution in [0, 0.1) is 12.4 Å². The number of aliphatic hydroxyl groups excluding tert-OH is 1. The molecular weight excluding hydrogens is 515 g/mol. The number of alkyl halides is 3. The van der Waals surface area contributed by atoms with Crippen molar-refractivity contribution in [2.24, 2.45) is 0 Å². The summed E-state index contributed by atoms with van der Waals surface area (Å²) in [6.45, 7) is 4.60. The molecule has 14 heteroatoms. The smallest absolute Gasteiger partial charge is 0.416 e. The summed E-state index contributed by atoms with van der Waals surface area (Å²) in [5.41, 5.74) is -3.69. The van der Waals surface area contributed by atoms with Gasteiger partial charge in [0.2, 0.25) is 15.7 Å². The summed E-state index contributed by atoms with van der Waals surface area (Å²) in [5, 5.41) is 18.8. The highest BCUT2D eigenvalue weighted by molar-refractivity contribution is 7.89. The molecule has 3 rings (SSSR count). The second kappa shape index (κ2) is 8.90. The first-order chi connectivity index (χ1) is 15.2. The first-order valence-corrected chi connectivity index (χ1v) is 11.2. The fourth-order valence-electron chi connectivity index (χ4n) is 3.22. The predicted molar refractivity (Wildman–Crippen MR) is 109 cm³/mol. The number of halogens is 6. The van der Waals surface area contributed by atoms with Crippen LogP contribution in [-0.2, 0) is 16.2 Å². The van der Waals surface area contributed by atoms with Crippen LogP contribution in [0.1, 0.15) is 5.56 Å². The highest BCUT2D eigenvalue weighted by atomic mass is 35.5. The van der Waals surface area contributed by atoms with Crippen molar-refractivity contribution < 1.29 is 40.9 Å². The monoisotopic (exact) mass is 528 g/mol. The van der Waals surface area contributed by atoms with Gasteiger partial charge in [-0.05, 0) is 24.3 Å². The van der Waals surface area contributed by atoms with Gasteiger partial charge in [-0.15, -0.1) is 0 Å². The number of sulfonamides is 1. The van der Waals surface area contributed by atoms with Gasteiger partial charge in [0.05, 0.1) is 35.3 Å². The van der Waals surface area contributed by atoms with Crippen LogP contribution >= 0.6 is 23.2 Å². The molecule has 0 aromatic heterocycles. The van der Waals surface area contributed by atoms with E-state index in [4.69, 9.17) is 34.5 Å². The Morgan fingerprint density at radius 1 is 1.24 bits per heavy atom. The third-order valence-electron chi connectivity index (χ3n) is 4.93. The van der Waals surface area contributed by atoms with E-state index in [0.29, 0.717) is 16.4 Å². The molecule has 0 aliphatic carbocycles. The van der Waals surface area contributed by atoms with Crippen LogP contribution in [0.25, 0.3) is 4.85 Å². The maximum Gasteiger partial charge on any atom is 0.416 e. The number of rotatable bonds is 5. The van der Waals surface area contributed by atoms with E-state index in [9.17, 15) is 36.2 Å². The third-order valence-corrected chi connectivity index (χ3v) is 7.67. The average molecular weight is 529 g/mol. The van der Waals surface area contributed by atoms with Crippen molar-refractivity contribution in [1.82, 2.24) is 4.31 Å². The number of hydrogen-bond donors (Lipinski definition) is 2. The molecule has 2 aromatic rings. The molecule has 1 aliphatic heterocycles. The number of aliphatic hydroxyl groups is 2. The van der Waals surface area contributed by atoms with Gasteiger partial charge >= 0.3 is 6.18 Å². The van der Waals surface area contributed by atoms with Gasteiger partial charge in [0, 0.05) is 12.6 Å². The van der Waals surface area contributed by atoms with E-state index in [-0.39, 0.29) is 11.4 Å². The zero-order valence-corrected chi connectivity index (χ0v) is 18.6. The molecule has 0 amide bonds. The summed E-state index contributed by atoms with van der Waals surface area (Å²) in [7, 11) is -4.65.